The Bertz CT molecular complexity index is 777. The van der Waals surface area contributed by atoms with Gasteiger partial charge in [0, 0.05) is 50.0 Å². The molecule has 4 heterocycles. The highest BCUT2D eigenvalue weighted by Gasteiger charge is 2.62. The molecular formula is C22H28N2O3. The van der Waals surface area contributed by atoms with E-state index in [1.807, 2.05) is 18.2 Å². The van der Waals surface area contributed by atoms with Crippen LogP contribution >= 0.6 is 0 Å². The van der Waals surface area contributed by atoms with Crippen molar-refractivity contribution in [2.24, 2.45) is 17.8 Å². The fraction of sp³-hybridized carbons (Fsp3) is 0.682. The highest BCUT2D eigenvalue weighted by molar-refractivity contribution is 5.94. The molecule has 0 radical (unpaired) electrons. The maximum atomic E-state index is 12.7. The Hall–Kier alpha value is -1.59. The molecule has 1 aromatic carbocycles. The van der Waals surface area contributed by atoms with Gasteiger partial charge in [-0.3, -0.25) is 9.69 Å². The van der Waals surface area contributed by atoms with Gasteiger partial charge in [0.05, 0.1) is 18.3 Å². The van der Waals surface area contributed by atoms with Crippen molar-refractivity contribution in [1.29, 1.82) is 0 Å². The fourth-order valence-electron chi connectivity index (χ4n) is 6.00. The predicted octanol–water partition coefficient (Wildman–Crippen LogP) is 2.24. The number of rotatable bonds is 5. The summed E-state index contributed by atoms with van der Waals surface area (Å²) in [5, 5.41) is 3.22. The largest absolute Gasteiger partial charge is 0.493 e. The van der Waals surface area contributed by atoms with Crippen LogP contribution in [0.15, 0.2) is 18.2 Å². The monoisotopic (exact) mass is 368 g/mol. The first-order valence-corrected chi connectivity index (χ1v) is 10.6. The molecule has 5 heteroatoms. The minimum atomic E-state index is 0.0364. The smallest absolute Gasteiger partial charge is 0.251 e. The van der Waals surface area contributed by atoms with E-state index in [0.29, 0.717) is 17.9 Å². The number of likely N-dealkylation sites (tertiary alicyclic amines) is 1. The third-order valence-corrected chi connectivity index (χ3v) is 7.52. The Labute approximate surface area is 160 Å². The third-order valence-electron chi connectivity index (χ3n) is 7.52. The zero-order chi connectivity index (χ0) is 18.0. The molecule has 2 bridgehead atoms. The zero-order valence-corrected chi connectivity index (χ0v) is 15.8. The number of benzene rings is 1. The molecule has 1 aromatic rings. The highest BCUT2D eigenvalue weighted by atomic mass is 16.5. The molecule has 144 valence electrons. The Morgan fingerprint density at radius 2 is 2.22 bits per heavy atom. The van der Waals surface area contributed by atoms with Gasteiger partial charge < -0.3 is 14.8 Å². The van der Waals surface area contributed by atoms with E-state index in [1.165, 1.54) is 25.8 Å². The summed E-state index contributed by atoms with van der Waals surface area (Å²) >= 11 is 0. The molecule has 5 nitrogen and oxygen atoms in total. The molecular weight excluding hydrogens is 340 g/mol. The van der Waals surface area contributed by atoms with E-state index in [9.17, 15) is 4.79 Å². The van der Waals surface area contributed by atoms with Crippen LogP contribution in [0.25, 0.3) is 0 Å². The first-order valence-electron chi connectivity index (χ1n) is 10.6. The van der Waals surface area contributed by atoms with Crippen LogP contribution in [0.4, 0.5) is 0 Å². The summed E-state index contributed by atoms with van der Waals surface area (Å²) in [6.45, 7) is 4.98. The number of carbonyl (C=O) groups excluding carboxylic acids is 1. The minimum Gasteiger partial charge on any atom is -0.493 e. The fourth-order valence-corrected chi connectivity index (χ4v) is 6.00. The van der Waals surface area contributed by atoms with E-state index < -0.39 is 0 Å². The molecule has 27 heavy (non-hydrogen) atoms. The van der Waals surface area contributed by atoms with Gasteiger partial charge in [-0.1, -0.05) is 0 Å². The summed E-state index contributed by atoms with van der Waals surface area (Å²) in [6, 6.07) is 5.80. The number of nitrogens with one attached hydrogen (secondary N) is 1. The van der Waals surface area contributed by atoms with Gasteiger partial charge in [-0.15, -0.1) is 0 Å². The second-order valence-corrected chi connectivity index (χ2v) is 9.30. The number of hydrogen-bond acceptors (Lipinski definition) is 4. The van der Waals surface area contributed by atoms with Crippen LogP contribution in [0.5, 0.6) is 5.75 Å². The summed E-state index contributed by atoms with van der Waals surface area (Å²) in [6.07, 6.45) is 6.41. The van der Waals surface area contributed by atoms with Crippen molar-refractivity contribution >= 4 is 5.91 Å². The van der Waals surface area contributed by atoms with E-state index in [-0.39, 0.29) is 11.5 Å². The van der Waals surface area contributed by atoms with Crippen LogP contribution < -0.4 is 10.1 Å². The number of fused-ring (bicyclic) bond motifs is 2. The maximum absolute atomic E-state index is 12.7. The van der Waals surface area contributed by atoms with Crippen molar-refractivity contribution in [2.45, 2.75) is 43.8 Å². The Morgan fingerprint density at radius 1 is 1.30 bits per heavy atom. The second kappa shape index (κ2) is 5.95. The zero-order valence-electron chi connectivity index (χ0n) is 15.8. The van der Waals surface area contributed by atoms with Gasteiger partial charge in [0.1, 0.15) is 5.75 Å². The molecule has 4 fully saturated rings. The van der Waals surface area contributed by atoms with Gasteiger partial charge in [-0.05, 0) is 55.4 Å². The van der Waals surface area contributed by atoms with E-state index in [4.69, 9.17) is 9.47 Å². The minimum absolute atomic E-state index is 0.0364. The van der Waals surface area contributed by atoms with Crippen LogP contribution in [-0.2, 0) is 11.2 Å². The number of carbonyl (C=O) groups is 1. The highest BCUT2D eigenvalue weighted by Crippen LogP contribution is 2.55. The van der Waals surface area contributed by atoms with Crippen molar-refractivity contribution in [1.82, 2.24) is 10.2 Å². The number of hydrogen-bond donors (Lipinski definition) is 1. The van der Waals surface area contributed by atoms with Crippen LogP contribution in [-0.4, -0.2) is 55.3 Å². The Kier molecular flexibility index (Phi) is 3.61. The molecule has 6 rings (SSSR count). The first-order chi connectivity index (χ1) is 13.2. The lowest BCUT2D eigenvalue weighted by Gasteiger charge is -2.29. The SMILES string of the molecule is O=C(NC[C@H]1[C@H]2CN(CC3CC3)C[C@]23CC[C@H]1O3)c1ccc2c(c1)CCO2. The molecule has 1 N–H and O–H groups in total. The lowest BCUT2D eigenvalue weighted by Crippen LogP contribution is -2.41. The van der Waals surface area contributed by atoms with Crippen molar-refractivity contribution in [3.8, 4) is 5.75 Å². The lowest BCUT2D eigenvalue weighted by atomic mass is 9.73. The van der Waals surface area contributed by atoms with Crippen molar-refractivity contribution in [2.75, 3.05) is 32.8 Å². The summed E-state index contributed by atoms with van der Waals surface area (Å²) in [5.41, 5.74) is 1.98. The van der Waals surface area contributed by atoms with Gasteiger partial charge in [-0.25, -0.2) is 0 Å². The Morgan fingerprint density at radius 3 is 3.11 bits per heavy atom. The van der Waals surface area contributed by atoms with Gasteiger partial charge in [0.15, 0.2) is 0 Å². The molecule has 3 saturated heterocycles. The van der Waals surface area contributed by atoms with E-state index >= 15 is 0 Å². The molecule has 4 atom stereocenters. The number of nitrogens with zero attached hydrogens (tertiary/aromatic N) is 1. The molecule has 5 aliphatic rings. The van der Waals surface area contributed by atoms with E-state index in [1.54, 1.807) is 0 Å². The molecule has 1 aliphatic carbocycles. The quantitative estimate of drug-likeness (QED) is 0.866. The molecule has 0 aromatic heterocycles. The summed E-state index contributed by atoms with van der Waals surface area (Å²) in [4.78, 5) is 15.4. The van der Waals surface area contributed by atoms with E-state index in [2.05, 4.69) is 10.2 Å². The lowest BCUT2D eigenvalue weighted by molar-refractivity contribution is 0.00244. The maximum Gasteiger partial charge on any atom is 0.251 e. The molecule has 1 amide bonds. The normalized spacial score (nSPS) is 36.5. The number of ether oxygens (including phenoxy) is 2. The van der Waals surface area contributed by atoms with Crippen LogP contribution in [0.1, 0.15) is 41.6 Å². The standard InChI is InChI=1S/C22H28N2O3/c25-21(16-3-4-19-15(9-16)6-8-26-19)23-10-17-18-12-24(11-14-1-2-14)13-22(18)7-5-20(17)27-22/h3-4,9,14,17-18,20H,1-2,5-8,10-13H2,(H,23,25)/t17-,18+,20+,22+/m0/s1. The summed E-state index contributed by atoms with van der Waals surface area (Å²) < 4.78 is 12.1. The van der Waals surface area contributed by atoms with Crippen molar-refractivity contribution < 1.29 is 14.3 Å². The summed E-state index contributed by atoms with van der Waals surface area (Å²) in [5.74, 6) is 2.94. The molecule has 1 saturated carbocycles. The topological polar surface area (TPSA) is 50.8 Å². The average molecular weight is 368 g/mol. The van der Waals surface area contributed by atoms with Gasteiger partial charge in [-0.2, -0.15) is 0 Å². The predicted molar refractivity (Wildman–Crippen MR) is 101 cm³/mol. The summed E-state index contributed by atoms with van der Waals surface area (Å²) in [7, 11) is 0. The first kappa shape index (κ1) is 16.4. The Balaban J connectivity index is 1.12. The number of amides is 1. The van der Waals surface area contributed by atoms with E-state index in [0.717, 1.165) is 61.9 Å². The van der Waals surface area contributed by atoms with Crippen molar-refractivity contribution in [3.63, 3.8) is 0 Å². The molecule has 0 unspecified atom stereocenters. The average Bonchev–Trinajstić information content (AvgIpc) is 3.02. The van der Waals surface area contributed by atoms with Gasteiger partial charge in [0.25, 0.3) is 5.91 Å². The van der Waals surface area contributed by atoms with Gasteiger partial charge in [0.2, 0.25) is 0 Å². The van der Waals surface area contributed by atoms with Crippen LogP contribution in [0.3, 0.4) is 0 Å². The molecule has 4 aliphatic heterocycles. The van der Waals surface area contributed by atoms with Crippen molar-refractivity contribution in [3.05, 3.63) is 29.3 Å². The van der Waals surface area contributed by atoms with Crippen LogP contribution in [0, 0.1) is 17.8 Å². The molecule has 1 spiro atoms. The third kappa shape index (κ3) is 2.70. The second-order valence-electron chi connectivity index (χ2n) is 9.30. The van der Waals surface area contributed by atoms with Gasteiger partial charge >= 0.3 is 0 Å². The van der Waals surface area contributed by atoms with Crippen LogP contribution in [0.2, 0.25) is 0 Å².